The number of nitrogens with one attached hydrogen (secondary N) is 3. The molecule has 0 unspecified atom stereocenters. The Morgan fingerprint density at radius 3 is 2.42 bits per heavy atom. The van der Waals surface area contributed by atoms with Crippen molar-refractivity contribution in [3.63, 3.8) is 0 Å². The number of carbonyl (C=O) groups is 1. The molecule has 6 rings (SSSR count). The predicted octanol–water partition coefficient (Wildman–Crippen LogP) is 7.97. The molecule has 5 aromatic carbocycles. The molecule has 1 aromatic heterocycles. The molecule has 0 bridgehead atoms. The highest BCUT2D eigenvalue weighted by molar-refractivity contribution is 6.35. The first kappa shape index (κ1) is 29.7. The van der Waals surface area contributed by atoms with Crippen molar-refractivity contribution in [2.24, 2.45) is 0 Å². The van der Waals surface area contributed by atoms with Crippen molar-refractivity contribution < 1.29 is 23.9 Å². The molecule has 0 saturated heterocycles. The summed E-state index contributed by atoms with van der Waals surface area (Å²) in [6, 6.07) is 29.8. The lowest BCUT2D eigenvalue weighted by molar-refractivity contribution is -0.719. The van der Waals surface area contributed by atoms with Crippen molar-refractivity contribution in [3.05, 3.63) is 129 Å². The van der Waals surface area contributed by atoms with Gasteiger partial charge in [0.15, 0.2) is 6.54 Å². The van der Waals surface area contributed by atoms with Crippen LogP contribution in [-0.2, 0) is 6.54 Å². The summed E-state index contributed by atoms with van der Waals surface area (Å²) in [7, 11) is 0. The molecule has 1 heterocycles. The van der Waals surface area contributed by atoms with E-state index in [9.17, 15) is 14.9 Å². The molecule has 226 valence electrons. The number of nitrogens with zero attached hydrogens (tertiary/aromatic N) is 2. The smallest absolute Gasteiger partial charge is 0.323 e. The number of hydrogen-bond acceptors (Lipinski definition) is 5. The SMILES string of the molecule is O=C(Nc1ccc2c(c1)c(OCCOc1ccc([N+](=O)[O-])cc1)[nH][n+]2Cc1ccc(Cl)cc1Cl)Nc1cccc2ccccc12. The minimum absolute atomic E-state index is 0.0167. The maximum Gasteiger partial charge on any atom is 0.323 e. The zero-order valence-corrected chi connectivity index (χ0v) is 25.1. The van der Waals surface area contributed by atoms with E-state index in [1.54, 1.807) is 18.2 Å². The Hall–Kier alpha value is -5.32. The summed E-state index contributed by atoms with van der Waals surface area (Å²) in [5.41, 5.74) is 2.90. The van der Waals surface area contributed by atoms with Gasteiger partial charge in [0.2, 0.25) is 5.52 Å². The molecule has 6 aromatic rings. The molecule has 12 heteroatoms. The number of aromatic nitrogens is 2. The van der Waals surface area contributed by atoms with Gasteiger partial charge in [-0.2, -0.15) is 0 Å². The Balaban J connectivity index is 1.21. The molecule has 0 aliphatic rings. The zero-order valence-electron chi connectivity index (χ0n) is 23.6. The Morgan fingerprint density at radius 1 is 0.844 bits per heavy atom. The molecular weight excluding hydrogens is 617 g/mol. The molecule has 2 amide bonds. The first-order valence-corrected chi connectivity index (χ1v) is 14.6. The number of halogens is 2. The van der Waals surface area contributed by atoms with Crippen LogP contribution < -0.4 is 24.8 Å². The van der Waals surface area contributed by atoms with Crippen LogP contribution in [0.3, 0.4) is 0 Å². The van der Waals surface area contributed by atoms with Crippen LogP contribution in [0.4, 0.5) is 21.9 Å². The Bertz CT molecular complexity index is 2030. The Labute approximate surface area is 267 Å². The maximum absolute atomic E-state index is 13.0. The second kappa shape index (κ2) is 13.1. The topological polar surface area (TPSA) is 122 Å². The lowest BCUT2D eigenvalue weighted by Gasteiger charge is -2.10. The number of carbonyl (C=O) groups excluding carboxylic acids is 1. The van der Waals surface area contributed by atoms with E-state index in [0.29, 0.717) is 39.6 Å². The Morgan fingerprint density at radius 2 is 1.62 bits per heavy atom. The number of rotatable bonds is 10. The molecule has 0 radical (unpaired) electrons. The number of nitro groups is 1. The van der Waals surface area contributed by atoms with Gasteiger partial charge in [-0.1, -0.05) is 59.6 Å². The number of ether oxygens (including phenoxy) is 2. The van der Waals surface area contributed by atoms with Gasteiger partial charge in [0, 0.05) is 39.9 Å². The van der Waals surface area contributed by atoms with Crippen LogP contribution in [0.5, 0.6) is 11.6 Å². The van der Waals surface area contributed by atoms with Gasteiger partial charge in [-0.05, 0) is 53.9 Å². The largest absolute Gasteiger partial charge is 0.490 e. The lowest BCUT2D eigenvalue weighted by Crippen LogP contribution is -2.36. The number of non-ortho nitro benzene ring substituents is 1. The lowest BCUT2D eigenvalue weighted by atomic mass is 10.1. The highest BCUT2D eigenvalue weighted by atomic mass is 35.5. The molecule has 0 spiro atoms. The standard InChI is InChI=1S/C33H25Cl2N5O5/c34-23-9-8-22(29(35)18-23)20-39-31-15-10-24(36-33(41)37-30-7-3-5-21-4-1-2-6-27(21)30)19-28(31)32(38-39)45-17-16-44-26-13-11-25(12-14-26)40(42)43/h1-15,18-19H,16-17,20H2,(H2,36,37,41)/p+1. The van der Waals surface area contributed by atoms with Crippen molar-refractivity contribution in [1.29, 1.82) is 0 Å². The van der Waals surface area contributed by atoms with E-state index in [4.69, 9.17) is 32.7 Å². The quantitative estimate of drug-likeness (QED) is 0.0605. The molecule has 0 saturated carbocycles. The molecule has 0 aliphatic heterocycles. The van der Waals surface area contributed by atoms with Gasteiger partial charge in [0.05, 0.1) is 15.6 Å². The van der Waals surface area contributed by atoms with Gasteiger partial charge in [0.25, 0.3) is 11.6 Å². The predicted molar refractivity (Wildman–Crippen MR) is 175 cm³/mol. The van der Waals surface area contributed by atoms with Gasteiger partial charge in [-0.3, -0.25) is 10.1 Å². The van der Waals surface area contributed by atoms with Gasteiger partial charge in [-0.25, -0.2) is 4.79 Å². The van der Waals surface area contributed by atoms with Crippen molar-refractivity contribution in [2.45, 2.75) is 6.54 Å². The molecule has 10 nitrogen and oxygen atoms in total. The summed E-state index contributed by atoms with van der Waals surface area (Å²) in [5, 5.41) is 23.8. The summed E-state index contributed by atoms with van der Waals surface area (Å²) in [4.78, 5) is 23.4. The molecular formula is C33H26Cl2N5O5+. The van der Waals surface area contributed by atoms with E-state index in [1.807, 2.05) is 65.3 Å². The van der Waals surface area contributed by atoms with E-state index >= 15 is 0 Å². The molecule has 0 fully saturated rings. The maximum atomic E-state index is 13.0. The van der Waals surface area contributed by atoms with Crippen LogP contribution in [0.1, 0.15) is 5.56 Å². The molecule has 45 heavy (non-hydrogen) atoms. The van der Waals surface area contributed by atoms with E-state index < -0.39 is 4.92 Å². The zero-order chi connectivity index (χ0) is 31.3. The first-order chi connectivity index (χ1) is 21.8. The van der Waals surface area contributed by atoms with Crippen LogP contribution in [0.15, 0.2) is 103 Å². The summed E-state index contributed by atoms with van der Waals surface area (Å²) in [5.74, 6) is 0.942. The van der Waals surface area contributed by atoms with Crippen LogP contribution in [0, 0.1) is 10.1 Å². The number of H-pyrrole nitrogens is 1. The minimum atomic E-state index is -0.466. The number of urea groups is 1. The number of amides is 2. The monoisotopic (exact) mass is 642 g/mol. The van der Waals surface area contributed by atoms with Crippen molar-refractivity contribution >= 4 is 68.0 Å². The number of fused-ring (bicyclic) bond motifs is 2. The Kier molecular flexibility index (Phi) is 8.68. The summed E-state index contributed by atoms with van der Waals surface area (Å²) in [6.45, 7) is 0.768. The van der Waals surface area contributed by atoms with Crippen molar-refractivity contribution in [3.8, 4) is 11.6 Å². The highest BCUT2D eigenvalue weighted by Crippen LogP contribution is 2.28. The van der Waals surface area contributed by atoms with Crippen LogP contribution in [-0.4, -0.2) is 29.3 Å². The summed E-state index contributed by atoms with van der Waals surface area (Å²) >= 11 is 12.6. The molecule has 0 atom stereocenters. The third kappa shape index (κ3) is 6.93. The highest BCUT2D eigenvalue weighted by Gasteiger charge is 2.21. The fourth-order valence-electron chi connectivity index (χ4n) is 4.92. The summed E-state index contributed by atoms with van der Waals surface area (Å²) in [6.07, 6.45) is 0. The van der Waals surface area contributed by atoms with Gasteiger partial charge in [-0.15, -0.1) is 9.78 Å². The van der Waals surface area contributed by atoms with Gasteiger partial charge < -0.3 is 20.1 Å². The van der Waals surface area contributed by atoms with E-state index in [2.05, 4.69) is 15.7 Å². The number of aromatic amines is 1. The molecule has 0 aliphatic carbocycles. The van der Waals surface area contributed by atoms with Gasteiger partial charge >= 0.3 is 6.03 Å². The fourth-order valence-corrected chi connectivity index (χ4v) is 5.38. The van der Waals surface area contributed by atoms with Gasteiger partial charge in [0.1, 0.15) is 24.3 Å². The van der Waals surface area contributed by atoms with Crippen molar-refractivity contribution in [1.82, 2.24) is 5.10 Å². The normalized spacial score (nSPS) is 11.0. The first-order valence-electron chi connectivity index (χ1n) is 13.9. The van der Waals surface area contributed by atoms with E-state index in [0.717, 1.165) is 27.2 Å². The number of hydrogen-bond donors (Lipinski definition) is 3. The third-order valence-corrected chi connectivity index (χ3v) is 7.64. The average molecular weight is 644 g/mol. The van der Waals surface area contributed by atoms with Crippen LogP contribution in [0.2, 0.25) is 10.0 Å². The van der Waals surface area contributed by atoms with E-state index in [1.165, 1.54) is 24.3 Å². The third-order valence-electron chi connectivity index (χ3n) is 7.05. The number of nitro benzene ring substituents is 1. The van der Waals surface area contributed by atoms with Crippen LogP contribution >= 0.6 is 23.2 Å². The molecule has 3 N–H and O–H groups in total. The van der Waals surface area contributed by atoms with Crippen LogP contribution in [0.25, 0.3) is 21.7 Å². The minimum Gasteiger partial charge on any atom is -0.490 e. The second-order valence-corrected chi connectivity index (χ2v) is 10.9. The average Bonchev–Trinajstić information content (AvgIpc) is 3.37. The second-order valence-electron chi connectivity index (χ2n) is 10.0. The fraction of sp³-hybridized carbons (Fsp3) is 0.0909. The number of anilines is 2. The summed E-state index contributed by atoms with van der Waals surface area (Å²) < 4.78 is 13.7. The van der Waals surface area contributed by atoms with E-state index in [-0.39, 0.29) is 24.9 Å². The number of benzene rings is 5. The van der Waals surface area contributed by atoms with Crippen molar-refractivity contribution in [2.75, 3.05) is 23.8 Å².